The molecule has 0 aliphatic heterocycles. The molecule has 1 N–H and O–H groups in total. The zero-order chi connectivity index (χ0) is 14.3. The average Bonchev–Trinajstić information content (AvgIpc) is 3.00. The molecule has 1 aromatic carbocycles. The third-order valence-corrected chi connectivity index (χ3v) is 6.60. The first-order chi connectivity index (χ1) is 9.45. The van der Waals surface area contributed by atoms with Crippen LogP contribution in [0.5, 0.6) is 0 Å². The van der Waals surface area contributed by atoms with Crippen molar-refractivity contribution in [1.29, 1.82) is 0 Å². The summed E-state index contributed by atoms with van der Waals surface area (Å²) in [6, 6.07) is 5.68. The van der Waals surface area contributed by atoms with E-state index in [9.17, 15) is 13.2 Å². The maximum Gasteiger partial charge on any atom is 0.335 e. The lowest BCUT2D eigenvalue weighted by Gasteiger charge is -2.21. The number of carboxylic acid groups (broad SMARTS) is 1. The lowest BCUT2D eigenvalue weighted by Crippen LogP contribution is -2.21. The minimum atomic E-state index is -3.39. The molecule has 0 heterocycles. The first-order valence-corrected chi connectivity index (χ1v) is 8.67. The second kappa shape index (κ2) is 4.88. The van der Waals surface area contributed by atoms with E-state index in [1.807, 2.05) is 0 Å². The smallest absolute Gasteiger partial charge is 0.335 e. The van der Waals surface area contributed by atoms with Gasteiger partial charge in [-0.2, -0.15) is 0 Å². The van der Waals surface area contributed by atoms with Gasteiger partial charge in [-0.1, -0.05) is 12.5 Å². The van der Waals surface area contributed by atoms with Crippen LogP contribution in [0.25, 0.3) is 0 Å². The maximum atomic E-state index is 12.4. The van der Waals surface area contributed by atoms with Crippen molar-refractivity contribution in [2.75, 3.05) is 5.75 Å². The van der Waals surface area contributed by atoms with Gasteiger partial charge in [-0.3, -0.25) is 0 Å². The Morgan fingerprint density at radius 1 is 1.25 bits per heavy atom. The summed E-state index contributed by atoms with van der Waals surface area (Å²) in [4.78, 5) is 11.1. The second-order valence-corrected chi connectivity index (χ2v) is 8.08. The fourth-order valence-corrected chi connectivity index (χ4v) is 5.54. The summed E-state index contributed by atoms with van der Waals surface area (Å²) in [5, 5.41) is 8.95. The molecule has 2 saturated carbocycles. The summed E-state index contributed by atoms with van der Waals surface area (Å²) in [6.07, 6.45) is 4.59. The molecule has 0 amide bonds. The Morgan fingerprint density at radius 2 is 2.05 bits per heavy atom. The maximum absolute atomic E-state index is 12.4. The molecule has 108 valence electrons. The van der Waals surface area contributed by atoms with Gasteiger partial charge in [-0.25, -0.2) is 13.2 Å². The van der Waals surface area contributed by atoms with Gasteiger partial charge in [-0.05, 0) is 55.2 Å². The Balaban J connectivity index is 1.81. The summed E-state index contributed by atoms with van der Waals surface area (Å²) in [5.41, 5.74) is 0.0269. The van der Waals surface area contributed by atoms with Crippen LogP contribution in [0.3, 0.4) is 0 Å². The Kier molecular flexibility index (Phi) is 3.32. The lowest BCUT2D eigenvalue weighted by atomic mass is 9.90. The molecule has 0 radical (unpaired) electrons. The summed E-state index contributed by atoms with van der Waals surface area (Å²) < 4.78 is 24.9. The number of sulfone groups is 1. The van der Waals surface area contributed by atoms with Gasteiger partial charge < -0.3 is 5.11 Å². The molecular weight excluding hydrogens is 276 g/mol. The van der Waals surface area contributed by atoms with Crippen LogP contribution in [0, 0.1) is 17.8 Å². The SMILES string of the molecule is O=C(O)c1cccc(S(=O)(=O)CC2CC3CCC2C3)c1. The van der Waals surface area contributed by atoms with Crippen molar-refractivity contribution in [3.05, 3.63) is 29.8 Å². The summed E-state index contributed by atoms with van der Waals surface area (Å²) in [6.45, 7) is 0. The van der Waals surface area contributed by atoms with E-state index in [1.165, 1.54) is 37.1 Å². The zero-order valence-corrected chi connectivity index (χ0v) is 12.0. The van der Waals surface area contributed by atoms with Crippen LogP contribution in [0.15, 0.2) is 29.2 Å². The van der Waals surface area contributed by atoms with Crippen LogP contribution in [0.2, 0.25) is 0 Å². The normalized spacial score (nSPS) is 28.7. The molecule has 5 heteroatoms. The topological polar surface area (TPSA) is 71.4 Å². The molecule has 3 atom stereocenters. The first kappa shape index (κ1) is 13.6. The summed E-state index contributed by atoms with van der Waals surface area (Å²) in [5.74, 6) is 0.592. The van der Waals surface area contributed by atoms with Crippen molar-refractivity contribution in [1.82, 2.24) is 0 Å². The monoisotopic (exact) mass is 294 g/mol. The van der Waals surface area contributed by atoms with Gasteiger partial charge in [0.1, 0.15) is 0 Å². The van der Waals surface area contributed by atoms with E-state index in [1.54, 1.807) is 0 Å². The molecular formula is C15H18O4S. The molecule has 4 nitrogen and oxygen atoms in total. The molecule has 0 saturated heterocycles. The van der Waals surface area contributed by atoms with Crippen LogP contribution < -0.4 is 0 Å². The van der Waals surface area contributed by atoms with Crippen molar-refractivity contribution in [2.24, 2.45) is 17.8 Å². The van der Waals surface area contributed by atoms with Crippen LogP contribution in [0.1, 0.15) is 36.0 Å². The van der Waals surface area contributed by atoms with Gasteiger partial charge in [0.05, 0.1) is 16.2 Å². The highest BCUT2D eigenvalue weighted by Crippen LogP contribution is 2.49. The number of hydrogen-bond donors (Lipinski definition) is 1. The Labute approximate surface area is 118 Å². The van der Waals surface area contributed by atoms with E-state index in [4.69, 9.17) is 5.11 Å². The fraction of sp³-hybridized carbons (Fsp3) is 0.533. The van der Waals surface area contributed by atoms with Crippen molar-refractivity contribution >= 4 is 15.8 Å². The molecule has 0 spiro atoms. The molecule has 3 unspecified atom stereocenters. The van der Waals surface area contributed by atoms with E-state index < -0.39 is 15.8 Å². The highest BCUT2D eigenvalue weighted by atomic mass is 32.2. The first-order valence-electron chi connectivity index (χ1n) is 7.02. The Morgan fingerprint density at radius 3 is 2.65 bits per heavy atom. The van der Waals surface area contributed by atoms with Crippen molar-refractivity contribution in [2.45, 2.75) is 30.6 Å². The van der Waals surface area contributed by atoms with Gasteiger partial charge >= 0.3 is 5.97 Å². The van der Waals surface area contributed by atoms with Gasteiger partial charge in [0.25, 0.3) is 0 Å². The van der Waals surface area contributed by atoms with Crippen LogP contribution in [-0.2, 0) is 9.84 Å². The molecule has 1 aromatic rings. The molecule has 2 aliphatic carbocycles. The van der Waals surface area contributed by atoms with Gasteiger partial charge in [0, 0.05) is 0 Å². The summed E-state index contributed by atoms with van der Waals surface area (Å²) in [7, 11) is -3.39. The molecule has 2 fully saturated rings. The van der Waals surface area contributed by atoms with Crippen LogP contribution in [-0.4, -0.2) is 25.2 Å². The minimum Gasteiger partial charge on any atom is -0.478 e. The second-order valence-electron chi connectivity index (χ2n) is 6.05. The third kappa shape index (κ3) is 2.46. The number of aromatic carboxylic acids is 1. The quantitative estimate of drug-likeness (QED) is 0.926. The fourth-order valence-electron chi connectivity index (χ4n) is 3.78. The van der Waals surface area contributed by atoms with Crippen molar-refractivity contribution in [3.63, 3.8) is 0 Å². The van der Waals surface area contributed by atoms with E-state index in [0.717, 1.165) is 12.8 Å². The molecule has 2 aliphatic rings. The molecule has 0 aromatic heterocycles. The predicted octanol–water partition coefficient (Wildman–Crippen LogP) is 2.59. The predicted molar refractivity (Wildman–Crippen MR) is 74.4 cm³/mol. The van der Waals surface area contributed by atoms with E-state index in [0.29, 0.717) is 11.8 Å². The third-order valence-electron chi connectivity index (χ3n) is 4.76. The number of carboxylic acids is 1. The number of benzene rings is 1. The standard InChI is InChI=1S/C15H18O4S/c16-15(17)12-2-1-3-14(8-12)20(18,19)9-13-7-10-4-5-11(13)6-10/h1-3,8,10-11,13H,4-7,9H2,(H,16,17). The van der Waals surface area contributed by atoms with E-state index in [-0.39, 0.29) is 22.1 Å². The zero-order valence-electron chi connectivity index (χ0n) is 11.2. The van der Waals surface area contributed by atoms with Crippen molar-refractivity contribution in [3.8, 4) is 0 Å². The van der Waals surface area contributed by atoms with Crippen LogP contribution in [0.4, 0.5) is 0 Å². The molecule has 2 bridgehead atoms. The van der Waals surface area contributed by atoms with Crippen LogP contribution >= 0.6 is 0 Å². The number of carbonyl (C=O) groups is 1. The van der Waals surface area contributed by atoms with Gasteiger partial charge in [0.15, 0.2) is 9.84 Å². The molecule has 20 heavy (non-hydrogen) atoms. The summed E-state index contributed by atoms with van der Waals surface area (Å²) >= 11 is 0. The van der Waals surface area contributed by atoms with Gasteiger partial charge in [-0.15, -0.1) is 0 Å². The Hall–Kier alpha value is -1.36. The van der Waals surface area contributed by atoms with Crippen molar-refractivity contribution < 1.29 is 18.3 Å². The van der Waals surface area contributed by atoms with E-state index >= 15 is 0 Å². The number of hydrogen-bond acceptors (Lipinski definition) is 3. The van der Waals surface area contributed by atoms with Gasteiger partial charge in [0.2, 0.25) is 0 Å². The number of rotatable bonds is 4. The van der Waals surface area contributed by atoms with E-state index in [2.05, 4.69) is 0 Å². The Bertz CT molecular complexity index is 635. The lowest BCUT2D eigenvalue weighted by molar-refractivity contribution is 0.0696. The highest BCUT2D eigenvalue weighted by Gasteiger charge is 2.41. The highest BCUT2D eigenvalue weighted by molar-refractivity contribution is 7.91. The largest absolute Gasteiger partial charge is 0.478 e. The average molecular weight is 294 g/mol. The molecule has 3 rings (SSSR count). The number of fused-ring (bicyclic) bond motifs is 2. The minimum absolute atomic E-state index is 0.0269.